The van der Waals surface area contributed by atoms with Crippen molar-refractivity contribution < 1.29 is 9.21 Å². The topological polar surface area (TPSA) is 56.0 Å². The number of hydrogen-bond acceptors (Lipinski definition) is 4. The smallest absolute Gasteiger partial charge is 0.246 e. The lowest BCUT2D eigenvalue weighted by atomic mass is 10.2. The normalized spacial score (nSPS) is 10.8. The van der Waals surface area contributed by atoms with E-state index in [9.17, 15) is 4.79 Å². The van der Waals surface area contributed by atoms with Crippen molar-refractivity contribution in [1.29, 1.82) is 0 Å². The van der Waals surface area contributed by atoms with E-state index in [2.05, 4.69) is 9.97 Å². The van der Waals surface area contributed by atoms with Crippen molar-refractivity contribution in [2.45, 2.75) is 6.92 Å². The number of rotatable bonds is 2. The summed E-state index contributed by atoms with van der Waals surface area (Å²) in [6.07, 6.45) is 1.55. The van der Waals surface area contributed by atoms with Crippen LogP contribution in [-0.2, 0) is 0 Å². The van der Waals surface area contributed by atoms with Crippen LogP contribution in [0.1, 0.15) is 22.1 Å². The number of fused-ring (bicyclic) bond motifs is 1. The number of furan rings is 1. The molecule has 0 saturated heterocycles. The first-order valence-electron chi connectivity index (χ1n) is 5.67. The lowest BCUT2D eigenvalue weighted by Crippen LogP contribution is -2.04. The molecule has 5 heteroatoms. The predicted molar refractivity (Wildman–Crippen MR) is 71.4 cm³/mol. The van der Waals surface area contributed by atoms with Crippen molar-refractivity contribution in [3.05, 3.63) is 58.8 Å². The largest absolute Gasteiger partial charge is 0.451 e. The Balaban J connectivity index is 2.09. The van der Waals surface area contributed by atoms with E-state index in [1.807, 2.05) is 12.1 Å². The van der Waals surface area contributed by atoms with Gasteiger partial charge in [0.1, 0.15) is 11.5 Å². The second-order valence-corrected chi connectivity index (χ2v) is 4.49. The lowest BCUT2D eigenvalue weighted by Gasteiger charge is -1.97. The van der Waals surface area contributed by atoms with E-state index in [4.69, 9.17) is 16.0 Å². The molecule has 3 rings (SSSR count). The highest BCUT2D eigenvalue weighted by Crippen LogP contribution is 2.27. The lowest BCUT2D eigenvalue weighted by molar-refractivity contribution is 0.101. The molecular formula is C14H9ClN2O2. The Morgan fingerprint density at radius 2 is 2.16 bits per heavy atom. The van der Waals surface area contributed by atoms with Crippen LogP contribution in [0.15, 0.2) is 40.9 Å². The monoisotopic (exact) mass is 272 g/mol. The summed E-state index contributed by atoms with van der Waals surface area (Å²) in [6.45, 7) is 1.73. The van der Waals surface area contributed by atoms with E-state index in [1.165, 1.54) is 0 Å². The number of carbonyl (C=O) groups excluding carboxylic acids is 1. The van der Waals surface area contributed by atoms with Crippen LogP contribution in [0.5, 0.6) is 0 Å². The van der Waals surface area contributed by atoms with Gasteiger partial charge in [0.2, 0.25) is 5.78 Å². The van der Waals surface area contributed by atoms with Crippen LogP contribution in [0, 0.1) is 6.92 Å². The molecule has 0 radical (unpaired) electrons. The molecule has 1 aromatic carbocycles. The number of hydrogen-bond donors (Lipinski definition) is 0. The van der Waals surface area contributed by atoms with Gasteiger partial charge in [-0.3, -0.25) is 4.79 Å². The summed E-state index contributed by atoms with van der Waals surface area (Å²) in [7, 11) is 0. The molecule has 0 unspecified atom stereocenters. The fourth-order valence-electron chi connectivity index (χ4n) is 1.85. The highest BCUT2D eigenvalue weighted by Gasteiger charge is 2.17. The third-order valence-corrected chi connectivity index (χ3v) is 3.03. The second-order valence-electron chi connectivity index (χ2n) is 4.09. The molecule has 0 aliphatic heterocycles. The van der Waals surface area contributed by atoms with Gasteiger partial charge in [-0.1, -0.05) is 23.7 Å². The van der Waals surface area contributed by atoms with Crippen LogP contribution in [0.3, 0.4) is 0 Å². The van der Waals surface area contributed by atoms with Crippen LogP contribution < -0.4 is 0 Å². The Hall–Kier alpha value is -2.20. The molecule has 0 N–H and O–H groups in total. The molecule has 0 amide bonds. The van der Waals surface area contributed by atoms with Gasteiger partial charge in [-0.15, -0.1) is 0 Å². The summed E-state index contributed by atoms with van der Waals surface area (Å²) in [4.78, 5) is 20.3. The van der Waals surface area contributed by atoms with Crippen LogP contribution in [-0.4, -0.2) is 15.8 Å². The number of carbonyl (C=O) groups is 1. The van der Waals surface area contributed by atoms with E-state index < -0.39 is 0 Å². The molecule has 2 heterocycles. The van der Waals surface area contributed by atoms with Gasteiger partial charge in [-0.05, 0) is 25.1 Å². The summed E-state index contributed by atoms with van der Waals surface area (Å²) in [6, 6.07) is 8.59. The Labute approximate surface area is 114 Å². The number of aromatic nitrogens is 2. The van der Waals surface area contributed by atoms with Crippen LogP contribution in [0.2, 0.25) is 5.02 Å². The summed E-state index contributed by atoms with van der Waals surface area (Å²) in [5.74, 6) is 0.485. The average Bonchev–Trinajstić information content (AvgIpc) is 2.83. The minimum absolute atomic E-state index is 0.223. The number of aryl methyl sites for hydroxylation is 1. The molecule has 4 nitrogen and oxygen atoms in total. The van der Waals surface area contributed by atoms with E-state index in [0.29, 0.717) is 22.1 Å². The molecule has 0 saturated carbocycles. The minimum Gasteiger partial charge on any atom is -0.451 e. The highest BCUT2D eigenvalue weighted by molar-refractivity contribution is 6.35. The SMILES string of the molecule is Cc1nccc(C(=O)c2cc3cccc(Cl)c3o2)n1. The molecule has 0 bridgehead atoms. The Morgan fingerprint density at radius 1 is 1.32 bits per heavy atom. The van der Waals surface area contributed by atoms with Crippen molar-refractivity contribution in [2.24, 2.45) is 0 Å². The van der Waals surface area contributed by atoms with Crippen molar-refractivity contribution >= 4 is 28.4 Å². The molecule has 0 atom stereocenters. The molecule has 2 aromatic heterocycles. The highest BCUT2D eigenvalue weighted by atomic mass is 35.5. The van der Waals surface area contributed by atoms with Crippen molar-refractivity contribution in [3.8, 4) is 0 Å². The van der Waals surface area contributed by atoms with Gasteiger partial charge >= 0.3 is 0 Å². The molecule has 0 spiro atoms. The number of benzene rings is 1. The second kappa shape index (κ2) is 4.48. The third-order valence-electron chi connectivity index (χ3n) is 2.73. The number of halogens is 1. The van der Waals surface area contributed by atoms with Gasteiger partial charge in [-0.2, -0.15) is 0 Å². The first kappa shape index (κ1) is 11.9. The maximum atomic E-state index is 12.3. The van der Waals surface area contributed by atoms with Gasteiger partial charge in [-0.25, -0.2) is 9.97 Å². The van der Waals surface area contributed by atoms with Crippen LogP contribution in [0.4, 0.5) is 0 Å². The zero-order valence-corrected chi connectivity index (χ0v) is 10.8. The number of para-hydroxylation sites is 1. The zero-order chi connectivity index (χ0) is 13.4. The summed E-state index contributed by atoms with van der Waals surface area (Å²) < 4.78 is 5.51. The molecule has 0 aliphatic rings. The third kappa shape index (κ3) is 2.11. The molecule has 3 aromatic rings. The van der Waals surface area contributed by atoms with E-state index in [-0.39, 0.29) is 11.5 Å². The van der Waals surface area contributed by atoms with Crippen molar-refractivity contribution in [1.82, 2.24) is 9.97 Å². The zero-order valence-electron chi connectivity index (χ0n) is 10.1. The fourth-order valence-corrected chi connectivity index (χ4v) is 2.07. The molecule has 0 aliphatic carbocycles. The Kier molecular flexibility index (Phi) is 2.80. The fraction of sp³-hybridized carbons (Fsp3) is 0.0714. The first-order chi connectivity index (χ1) is 9.15. The van der Waals surface area contributed by atoms with Gasteiger partial charge in [0.25, 0.3) is 0 Å². The van der Waals surface area contributed by atoms with Crippen LogP contribution >= 0.6 is 11.6 Å². The quantitative estimate of drug-likeness (QED) is 0.671. The molecule has 19 heavy (non-hydrogen) atoms. The number of nitrogens with zero attached hydrogens (tertiary/aromatic N) is 2. The maximum absolute atomic E-state index is 12.3. The Morgan fingerprint density at radius 3 is 2.89 bits per heavy atom. The maximum Gasteiger partial charge on any atom is 0.246 e. The minimum atomic E-state index is -0.280. The Bertz CT molecular complexity index is 780. The molecular weight excluding hydrogens is 264 g/mol. The molecule has 94 valence electrons. The summed E-state index contributed by atoms with van der Waals surface area (Å²) in [5, 5.41) is 1.28. The average molecular weight is 273 g/mol. The summed E-state index contributed by atoms with van der Waals surface area (Å²) in [5.41, 5.74) is 0.820. The van der Waals surface area contributed by atoms with Crippen molar-refractivity contribution in [3.63, 3.8) is 0 Å². The van der Waals surface area contributed by atoms with Crippen LogP contribution in [0.25, 0.3) is 11.0 Å². The van der Waals surface area contributed by atoms with Gasteiger partial charge in [0, 0.05) is 11.6 Å². The first-order valence-corrected chi connectivity index (χ1v) is 6.05. The van der Waals surface area contributed by atoms with E-state index in [1.54, 1.807) is 31.3 Å². The van der Waals surface area contributed by atoms with Gasteiger partial charge in [0.05, 0.1) is 5.02 Å². The standard InChI is InChI=1S/C14H9ClN2O2/c1-8-16-6-5-11(17-8)13(18)12-7-9-3-2-4-10(15)14(9)19-12/h2-7H,1H3. The van der Waals surface area contributed by atoms with E-state index in [0.717, 1.165) is 5.39 Å². The molecule has 0 fully saturated rings. The van der Waals surface area contributed by atoms with E-state index >= 15 is 0 Å². The van der Waals surface area contributed by atoms with Gasteiger partial charge < -0.3 is 4.42 Å². The van der Waals surface area contributed by atoms with Crippen molar-refractivity contribution in [2.75, 3.05) is 0 Å². The number of ketones is 1. The van der Waals surface area contributed by atoms with Gasteiger partial charge in [0.15, 0.2) is 11.3 Å². The predicted octanol–water partition coefficient (Wildman–Crippen LogP) is 3.42. The summed E-state index contributed by atoms with van der Waals surface area (Å²) >= 11 is 6.02.